The normalized spacial score (nSPS) is 15.9. The molecule has 2 aliphatic rings. The molecule has 0 aromatic carbocycles. The Morgan fingerprint density at radius 1 is 1.03 bits per heavy atom. The summed E-state index contributed by atoms with van der Waals surface area (Å²) in [7, 11) is 3.56. The third-order valence-corrected chi connectivity index (χ3v) is 6.01. The van der Waals surface area contributed by atoms with E-state index in [9.17, 15) is 9.59 Å². The SMILES string of the molecule is CNc1nc2c(c(C(=O)N3CCCC3)n1)CN(C(=O)c1cnc3cnn(C)c3c1)CC2. The Labute approximate surface area is 179 Å². The van der Waals surface area contributed by atoms with Gasteiger partial charge in [0.1, 0.15) is 11.2 Å². The molecule has 2 amide bonds. The first-order chi connectivity index (χ1) is 15.0. The van der Waals surface area contributed by atoms with Gasteiger partial charge in [-0.1, -0.05) is 0 Å². The van der Waals surface area contributed by atoms with Gasteiger partial charge in [0.15, 0.2) is 0 Å². The van der Waals surface area contributed by atoms with Gasteiger partial charge in [0.25, 0.3) is 11.8 Å². The Kier molecular flexibility index (Phi) is 4.76. The molecule has 0 atom stereocenters. The maximum atomic E-state index is 13.3. The monoisotopic (exact) mass is 420 g/mol. The first-order valence-corrected chi connectivity index (χ1v) is 10.5. The zero-order valence-corrected chi connectivity index (χ0v) is 17.6. The van der Waals surface area contributed by atoms with Gasteiger partial charge in [-0.15, -0.1) is 0 Å². The molecule has 31 heavy (non-hydrogen) atoms. The summed E-state index contributed by atoms with van der Waals surface area (Å²) in [5.74, 6) is 0.227. The Bertz CT molecular complexity index is 1180. The fraction of sp³-hybridized carbons (Fsp3) is 0.429. The average Bonchev–Trinajstić information content (AvgIpc) is 3.47. The highest BCUT2D eigenvalue weighted by Crippen LogP contribution is 2.25. The Hall–Kier alpha value is -3.56. The van der Waals surface area contributed by atoms with Crippen molar-refractivity contribution in [3.05, 3.63) is 41.0 Å². The van der Waals surface area contributed by atoms with E-state index in [1.807, 2.05) is 18.0 Å². The molecular formula is C21H24N8O2. The maximum absolute atomic E-state index is 13.3. The highest BCUT2D eigenvalue weighted by Gasteiger charge is 2.31. The molecule has 0 spiro atoms. The number of likely N-dealkylation sites (tertiary alicyclic amines) is 1. The van der Waals surface area contributed by atoms with E-state index >= 15 is 0 Å². The number of aromatic nitrogens is 5. The summed E-state index contributed by atoms with van der Waals surface area (Å²) in [6, 6.07) is 1.81. The largest absolute Gasteiger partial charge is 0.357 e. The van der Waals surface area contributed by atoms with Gasteiger partial charge >= 0.3 is 0 Å². The summed E-state index contributed by atoms with van der Waals surface area (Å²) in [4.78, 5) is 43.4. The molecule has 0 aliphatic carbocycles. The van der Waals surface area contributed by atoms with Crippen molar-refractivity contribution in [1.29, 1.82) is 0 Å². The summed E-state index contributed by atoms with van der Waals surface area (Å²) in [5.41, 5.74) is 4.01. The molecule has 10 heteroatoms. The highest BCUT2D eigenvalue weighted by atomic mass is 16.2. The molecule has 1 saturated heterocycles. The van der Waals surface area contributed by atoms with Crippen LogP contribution in [0.3, 0.4) is 0 Å². The zero-order valence-electron chi connectivity index (χ0n) is 17.6. The molecule has 3 aromatic heterocycles. The third kappa shape index (κ3) is 3.37. The number of carbonyl (C=O) groups excluding carboxylic acids is 2. The Morgan fingerprint density at radius 2 is 1.84 bits per heavy atom. The van der Waals surface area contributed by atoms with Gasteiger partial charge in [-0.25, -0.2) is 9.97 Å². The lowest BCUT2D eigenvalue weighted by Gasteiger charge is -2.30. The van der Waals surface area contributed by atoms with E-state index in [1.165, 1.54) is 0 Å². The van der Waals surface area contributed by atoms with Crippen LogP contribution in [0.1, 0.15) is 44.9 Å². The number of aryl methyl sites for hydroxylation is 1. The Morgan fingerprint density at radius 3 is 2.61 bits per heavy atom. The number of hydrogen-bond acceptors (Lipinski definition) is 7. The molecule has 0 bridgehead atoms. The second-order valence-corrected chi connectivity index (χ2v) is 7.94. The first-order valence-electron chi connectivity index (χ1n) is 10.5. The number of carbonyl (C=O) groups is 2. The van der Waals surface area contributed by atoms with Crippen molar-refractivity contribution in [2.75, 3.05) is 32.0 Å². The van der Waals surface area contributed by atoms with E-state index in [-0.39, 0.29) is 11.8 Å². The van der Waals surface area contributed by atoms with Crippen LogP contribution in [0.15, 0.2) is 18.5 Å². The molecule has 2 aliphatic heterocycles. The van der Waals surface area contributed by atoms with Crippen LogP contribution in [-0.4, -0.2) is 73.0 Å². The summed E-state index contributed by atoms with van der Waals surface area (Å²) in [6.07, 6.45) is 5.84. The van der Waals surface area contributed by atoms with Crippen molar-refractivity contribution in [2.24, 2.45) is 7.05 Å². The number of fused-ring (bicyclic) bond motifs is 2. The minimum absolute atomic E-state index is 0.0834. The molecule has 3 aromatic rings. The van der Waals surface area contributed by atoms with E-state index in [0.29, 0.717) is 36.7 Å². The summed E-state index contributed by atoms with van der Waals surface area (Å²) < 4.78 is 1.70. The molecular weight excluding hydrogens is 396 g/mol. The van der Waals surface area contributed by atoms with Crippen molar-refractivity contribution < 1.29 is 9.59 Å². The Balaban J connectivity index is 1.47. The summed E-state index contributed by atoms with van der Waals surface area (Å²) in [6.45, 7) is 2.31. The van der Waals surface area contributed by atoms with Gasteiger partial charge in [-0.3, -0.25) is 19.3 Å². The smallest absolute Gasteiger partial charge is 0.273 e. The van der Waals surface area contributed by atoms with Crippen LogP contribution in [0.2, 0.25) is 0 Å². The lowest BCUT2D eigenvalue weighted by atomic mass is 10.0. The third-order valence-electron chi connectivity index (χ3n) is 6.01. The van der Waals surface area contributed by atoms with E-state index < -0.39 is 0 Å². The van der Waals surface area contributed by atoms with Crippen LogP contribution < -0.4 is 5.32 Å². The number of rotatable bonds is 3. The molecule has 1 fully saturated rings. The quantitative estimate of drug-likeness (QED) is 0.679. The summed E-state index contributed by atoms with van der Waals surface area (Å²) in [5, 5.41) is 7.14. The van der Waals surface area contributed by atoms with E-state index in [4.69, 9.17) is 0 Å². The van der Waals surface area contributed by atoms with Gasteiger partial charge in [0, 0.05) is 51.9 Å². The fourth-order valence-corrected chi connectivity index (χ4v) is 4.27. The molecule has 5 rings (SSSR count). The van der Waals surface area contributed by atoms with E-state index in [2.05, 4.69) is 25.4 Å². The predicted octanol–water partition coefficient (Wildman–Crippen LogP) is 1.23. The molecule has 10 nitrogen and oxygen atoms in total. The van der Waals surface area contributed by atoms with Crippen LogP contribution in [0.4, 0.5) is 5.95 Å². The van der Waals surface area contributed by atoms with Crippen molar-refractivity contribution in [1.82, 2.24) is 34.5 Å². The van der Waals surface area contributed by atoms with Gasteiger partial charge in [0.2, 0.25) is 5.95 Å². The summed E-state index contributed by atoms with van der Waals surface area (Å²) >= 11 is 0. The van der Waals surface area contributed by atoms with Crippen molar-refractivity contribution in [3.8, 4) is 0 Å². The van der Waals surface area contributed by atoms with Crippen LogP contribution in [-0.2, 0) is 20.0 Å². The molecule has 160 valence electrons. The van der Waals surface area contributed by atoms with Crippen molar-refractivity contribution in [2.45, 2.75) is 25.8 Å². The van der Waals surface area contributed by atoms with Crippen molar-refractivity contribution >= 4 is 28.8 Å². The maximum Gasteiger partial charge on any atom is 0.273 e. The topological polar surface area (TPSA) is 109 Å². The van der Waals surface area contributed by atoms with E-state index in [1.54, 1.807) is 29.0 Å². The lowest BCUT2D eigenvalue weighted by Crippen LogP contribution is -2.39. The number of anilines is 1. The number of nitrogens with one attached hydrogen (secondary N) is 1. The predicted molar refractivity (Wildman–Crippen MR) is 114 cm³/mol. The zero-order chi connectivity index (χ0) is 21.5. The van der Waals surface area contributed by atoms with Crippen molar-refractivity contribution in [3.63, 3.8) is 0 Å². The minimum Gasteiger partial charge on any atom is -0.357 e. The molecule has 1 N–H and O–H groups in total. The second kappa shape index (κ2) is 7.60. The highest BCUT2D eigenvalue weighted by molar-refractivity contribution is 5.98. The number of pyridine rings is 1. The first kappa shape index (κ1) is 19.4. The number of nitrogens with zero attached hydrogens (tertiary/aromatic N) is 7. The van der Waals surface area contributed by atoms with Gasteiger partial charge in [0.05, 0.1) is 29.5 Å². The van der Waals surface area contributed by atoms with Gasteiger partial charge in [-0.05, 0) is 18.9 Å². The van der Waals surface area contributed by atoms with Crippen LogP contribution >= 0.6 is 0 Å². The van der Waals surface area contributed by atoms with Gasteiger partial charge < -0.3 is 15.1 Å². The number of hydrogen-bond donors (Lipinski definition) is 1. The number of amides is 2. The van der Waals surface area contributed by atoms with Crippen LogP contribution in [0.5, 0.6) is 0 Å². The van der Waals surface area contributed by atoms with Crippen LogP contribution in [0.25, 0.3) is 11.0 Å². The molecule has 0 saturated carbocycles. The fourth-order valence-electron chi connectivity index (χ4n) is 4.27. The van der Waals surface area contributed by atoms with E-state index in [0.717, 1.165) is 48.2 Å². The second-order valence-electron chi connectivity index (χ2n) is 7.94. The molecule has 0 radical (unpaired) electrons. The molecule has 5 heterocycles. The molecule has 0 unspecified atom stereocenters. The lowest BCUT2D eigenvalue weighted by molar-refractivity contribution is 0.0719. The van der Waals surface area contributed by atoms with Crippen LogP contribution in [0, 0.1) is 0 Å². The average molecular weight is 420 g/mol. The van der Waals surface area contributed by atoms with Gasteiger partial charge in [-0.2, -0.15) is 5.10 Å². The standard InChI is InChI=1S/C21H24N8O2/c1-22-21-25-15-5-8-29(12-14(15)18(26-21)20(31)28-6-3-4-7-28)19(30)13-9-17-16(23-10-13)11-24-27(17)2/h9-11H,3-8,12H2,1-2H3,(H,22,25,26). The minimum atomic E-state index is -0.126.